The summed E-state index contributed by atoms with van der Waals surface area (Å²) in [6, 6.07) is 18.4. The van der Waals surface area contributed by atoms with Gasteiger partial charge in [0.2, 0.25) is 11.8 Å². The summed E-state index contributed by atoms with van der Waals surface area (Å²) in [4.78, 5) is 25.7. The van der Waals surface area contributed by atoms with Gasteiger partial charge >= 0.3 is 0 Å². The van der Waals surface area contributed by atoms with Crippen molar-refractivity contribution in [1.82, 2.24) is 0 Å². The largest absolute Gasteiger partial charge is 0.394 e. The van der Waals surface area contributed by atoms with Crippen molar-refractivity contribution in [3.05, 3.63) is 71.8 Å². The molecule has 1 aliphatic rings. The molecule has 136 valence electrons. The van der Waals surface area contributed by atoms with Crippen molar-refractivity contribution in [1.29, 1.82) is 0 Å². The first-order valence-electron chi connectivity index (χ1n) is 8.67. The Hall–Kier alpha value is -3.38. The molecule has 0 fully saturated rings. The molecule has 0 saturated heterocycles. The van der Waals surface area contributed by atoms with Gasteiger partial charge in [0.25, 0.3) is 0 Å². The first-order valence-corrected chi connectivity index (χ1v) is 8.67. The second-order valence-corrected chi connectivity index (χ2v) is 6.59. The minimum Gasteiger partial charge on any atom is -0.394 e. The quantitative estimate of drug-likeness (QED) is 0.664. The van der Waals surface area contributed by atoms with Crippen LogP contribution in [0.15, 0.2) is 60.7 Å². The lowest BCUT2D eigenvalue weighted by Gasteiger charge is -2.37. The summed E-state index contributed by atoms with van der Waals surface area (Å²) in [5, 5.41) is 14.8. The zero-order valence-electron chi connectivity index (χ0n) is 14.6. The highest BCUT2D eigenvalue weighted by molar-refractivity contribution is 6.05. The van der Waals surface area contributed by atoms with Gasteiger partial charge < -0.3 is 21.1 Å². The van der Waals surface area contributed by atoms with Crippen molar-refractivity contribution in [2.45, 2.75) is 12.6 Å². The highest BCUT2D eigenvalue weighted by Gasteiger charge is 2.32. The van der Waals surface area contributed by atoms with Gasteiger partial charge in [-0.25, -0.2) is 0 Å². The van der Waals surface area contributed by atoms with Gasteiger partial charge in [0.1, 0.15) is 6.04 Å². The van der Waals surface area contributed by atoms with Crippen LogP contribution in [-0.4, -0.2) is 29.6 Å². The fourth-order valence-corrected chi connectivity index (χ4v) is 3.48. The number of nitrogens with zero attached hydrogens (tertiary/aromatic N) is 1. The highest BCUT2D eigenvalue weighted by Crippen LogP contribution is 2.34. The van der Waals surface area contributed by atoms with Gasteiger partial charge in [-0.1, -0.05) is 36.4 Å². The number of fused-ring (bicyclic) bond motifs is 2. The smallest absolute Gasteiger partial charge is 0.249 e. The topological polar surface area (TPSA) is 95.7 Å². The fourth-order valence-electron chi connectivity index (χ4n) is 3.48. The van der Waals surface area contributed by atoms with Crippen LogP contribution in [0.25, 0.3) is 10.8 Å². The monoisotopic (exact) mass is 361 g/mol. The molecule has 2 amide bonds. The number of rotatable bonds is 4. The van der Waals surface area contributed by atoms with Crippen LogP contribution in [0, 0.1) is 0 Å². The van der Waals surface area contributed by atoms with Crippen LogP contribution < -0.4 is 16.0 Å². The Labute approximate surface area is 156 Å². The van der Waals surface area contributed by atoms with E-state index in [-0.39, 0.29) is 12.5 Å². The Bertz CT molecular complexity index is 1050. The number of hydrogen-bond donors (Lipinski definition) is 3. The number of anilines is 2. The number of benzene rings is 3. The molecule has 6 heteroatoms. The molecule has 27 heavy (non-hydrogen) atoms. The van der Waals surface area contributed by atoms with Crippen LogP contribution in [0.5, 0.6) is 0 Å². The van der Waals surface area contributed by atoms with Crippen molar-refractivity contribution >= 4 is 34.0 Å². The average molecular weight is 361 g/mol. The van der Waals surface area contributed by atoms with Gasteiger partial charge in [-0.15, -0.1) is 0 Å². The van der Waals surface area contributed by atoms with E-state index in [1.54, 1.807) is 18.2 Å². The number of amides is 2. The average Bonchev–Trinajstić information content (AvgIpc) is 2.67. The second kappa shape index (κ2) is 6.74. The molecule has 0 aromatic heterocycles. The molecule has 3 aromatic carbocycles. The van der Waals surface area contributed by atoms with Gasteiger partial charge in [-0.3, -0.25) is 9.59 Å². The first-order chi connectivity index (χ1) is 13.1. The van der Waals surface area contributed by atoms with E-state index in [1.165, 1.54) is 0 Å². The molecule has 1 atom stereocenters. The van der Waals surface area contributed by atoms with Gasteiger partial charge in [0.05, 0.1) is 18.0 Å². The van der Waals surface area contributed by atoms with Gasteiger partial charge in [-0.05, 0) is 40.6 Å². The van der Waals surface area contributed by atoms with Crippen LogP contribution in [-0.2, 0) is 11.3 Å². The highest BCUT2D eigenvalue weighted by atomic mass is 16.3. The minimum atomic E-state index is -0.705. The first kappa shape index (κ1) is 17.1. The molecule has 4 rings (SSSR count). The summed E-state index contributed by atoms with van der Waals surface area (Å²) >= 11 is 0. The third kappa shape index (κ3) is 3.11. The van der Waals surface area contributed by atoms with E-state index < -0.39 is 11.9 Å². The molecular weight excluding hydrogens is 342 g/mol. The summed E-state index contributed by atoms with van der Waals surface area (Å²) in [6.45, 7) is 0.142. The van der Waals surface area contributed by atoms with Gasteiger partial charge in [-0.2, -0.15) is 0 Å². The predicted molar refractivity (Wildman–Crippen MR) is 105 cm³/mol. The molecule has 0 radical (unpaired) electrons. The molecule has 0 bridgehead atoms. The number of carbonyl (C=O) groups is 2. The maximum Gasteiger partial charge on any atom is 0.249 e. The summed E-state index contributed by atoms with van der Waals surface area (Å²) in [7, 11) is 0. The van der Waals surface area contributed by atoms with E-state index in [2.05, 4.69) is 11.4 Å². The second-order valence-electron chi connectivity index (χ2n) is 6.59. The van der Waals surface area contributed by atoms with Crippen molar-refractivity contribution < 1.29 is 14.7 Å². The van der Waals surface area contributed by atoms with Crippen molar-refractivity contribution in [2.24, 2.45) is 5.73 Å². The summed E-state index contributed by atoms with van der Waals surface area (Å²) in [5.41, 5.74) is 7.94. The molecule has 0 spiro atoms. The Morgan fingerprint density at radius 2 is 1.85 bits per heavy atom. The molecule has 0 aliphatic carbocycles. The molecule has 0 saturated carbocycles. The van der Waals surface area contributed by atoms with E-state index in [0.29, 0.717) is 17.8 Å². The maximum atomic E-state index is 12.5. The molecule has 1 heterocycles. The van der Waals surface area contributed by atoms with Crippen molar-refractivity contribution in [3.8, 4) is 0 Å². The Morgan fingerprint density at radius 3 is 2.59 bits per heavy atom. The van der Waals surface area contributed by atoms with Crippen LogP contribution in [0.3, 0.4) is 0 Å². The van der Waals surface area contributed by atoms with Crippen LogP contribution in [0.4, 0.5) is 11.4 Å². The Morgan fingerprint density at radius 1 is 1.07 bits per heavy atom. The fraction of sp³-hybridized carbons (Fsp3) is 0.143. The lowest BCUT2D eigenvalue weighted by atomic mass is 10.0. The lowest BCUT2D eigenvalue weighted by Crippen LogP contribution is -2.49. The molecule has 4 N–H and O–H groups in total. The molecule has 6 nitrogen and oxygen atoms in total. The number of primary amides is 1. The van der Waals surface area contributed by atoms with E-state index in [9.17, 15) is 14.7 Å². The number of carbonyl (C=O) groups excluding carboxylic acids is 2. The Kier molecular flexibility index (Phi) is 4.25. The standard InChI is InChI=1S/C21H19N3O3/c22-20(26)16-7-8-18-17(10-16)23-21(27)19(12-25)24(18)11-13-5-6-14-3-1-2-4-15(14)9-13/h1-10,19,25H,11-12H2,(H2,22,26)(H,23,27)/t19-/m1/s1. The minimum absolute atomic E-state index is 0.309. The SMILES string of the molecule is NC(=O)c1ccc2c(c1)NC(=O)[C@@H](CO)N2Cc1ccc2ccccc2c1. The van der Waals surface area contributed by atoms with E-state index in [1.807, 2.05) is 41.3 Å². The molecular formula is C21H19N3O3. The predicted octanol–water partition coefficient (Wildman–Crippen LogP) is 2.26. The van der Waals surface area contributed by atoms with Crippen LogP contribution in [0.1, 0.15) is 15.9 Å². The summed E-state index contributed by atoms with van der Waals surface area (Å²) in [5.74, 6) is -0.871. The normalized spacial score (nSPS) is 16.1. The summed E-state index contributed by atoms with van der Waals surface area (Å²) < 4.78 is 0. The number of nitrogens with two attached hydrogens (primary N) is 1. The van der Waals surface area contributed by atoms with Crippen molar-refractivity contribution in [2.75, 3.05) is 16.8 Å². The Balaban J connectivity index is 1.74. The third-order valence-electron chi connectivity index (χ3n) is 4.87. The van der Waals surface area contributed by atoms with E-state index in [4.69, 9.17) is 5.73 Å². The maximum absolute atomic E-state index is 12.5. The number of aliphatic hydroxyl groups is 1. The zero-order chi connectivity index (χ0) is 19.0. The third-order valence-corrected chi connectivity index (χ3v) is 4.87. The van der Waals surface area contributed by atoms with Crippen molar-refractivity contribution in [3.63, 3.8) is 0 Å². The van der Waals surface area contributed by atoms with Crippen LogP contribution in [0.2, 0.25) is 0 Å². The number of hydrogen-bond acceptors (Lipinski definition) is 4. The molecule has 0 unspecified atom stereocenters. The van der Waals surface area contributed by atoms with E-state index >= 15 is 0 Å². The summed E-state index contributed by atoms with van der Waals surface area (Å²) in [6.07, 6.45) is 0. The van der Waals surface area contributed by atoms with Crippen LogP contribution >= 0.6 is 0 Å². The van der Waals surface area contributed by atoms with Gasteiger partial charge in [0.15, 0.2) is 0 Å². The van der Waals surface area contributed by atoms with E-state index in [0.717, 1.165) is 22.0 Å². The van der Waals surface area contributed by atoms with Gasteiger partial charge in [0, 0.05) is 12.1 Å². The zero-order valence-corrected chi connectivity index (χ0v) is 14.6. The number of aliphatic hydroxyl groups excluding tert-OH is 1. The molecule has 1 aliphatic heterocycles. The number of nitrogens with one attached hydrogen (secondary N) is 1. The lowest BCUT2D eigenvalue weighted by molar-refractivity contribution is -0.118. The molecule has 3 aromatic rings.